The summed E-state index contributed by atoms with van der Waals surface area (Å²) in [5.41, 5.74) is 14.8. The van der Waals surface area contributed by atoms with Gasteiger partial charge in [-0.2, -0.15) is 0 Å². The van der Waals surface area contributed by atoms with Gasteiger partial charge in [0, 0.05) is 26.2 Å². The molecule has 144 valence electrons. The fourth-order valence-corrected chi connectivity index (χ4v) is 5.50. The molecule has 0 radical (unpaired) electrons. The quantitative estimate of drug-likeness (QED) is 0.261. The van der Waals surface area contributed by atoms with Crippen molar-refractivity contribution in [3.8, 4) is 22.3 Å². The van der Waals surface area contributed by atoms with Crippen LogP contribution in [0.4, 0.5) is 0 Å². The van der Waals surface area contributed by atoms with Crippen LogP contribution in [-0.2, 0) is 45.5 Å². The van der Waals surface area contributed by atoms with E-state index in [1.54, 1.807) is 0 Å². The van der Waals surface area contributed by atoms with E-state index in [1.807, 2.05) is 0 Å². The van der Waals surface area contributed by atoms with Crippen LogP contribution in [0.5, 0.6) is 0 Å². The van der Waals surface area contributed by atoms with E-state index in [9.17, 15) is 0 Å². The molecule has 0 saturated heterocycles. The van der Waals surface area contributed by atoms with Crippen LogP contribution in [0.1, 0.15) is 46.2 Å². The Morgan fingerprint density at radius 1 is 0.600 bits per heavy atom. The summed E-state index contributed by atoms with van der Waals surface area (Å²) in [6.45, 7) is 2.40. The van der Waals surface area contributed by atoms with Crippen LogP contribution in [0.3, 0.4) is 0 Å². The number of benzene rings is 4. The fraction of sp³-hybridized carbons (Fsp3) is 0.172. The summed E-state index contributed by atoms with van der Waals surface area (Å²) in [7, 11) is 0. The smallest absolute Gasteiger partial charge is 0 e. The average Bonchev–Trinajstić information content (AvgIpc) is 3.32. The van der Waals surface area contributed by atoms with Gasteiger partial charge in [-0.3, -0.25) is 0 Å². The zero-order valence-electron chi connectivity index (χ0n) is 17.3. The van der Waals surface area contributed by atoms with Gasteiger partial charge in [0.1, 0.15) is 0 Å². The maximum Gasteiger partial charge on any atom is 0 e. The standard InChI is InChI=1S/C29H24.Zr/c1-19(23-13-7-15-27-25-12-5-3-9-22(25)18-29(23)27)16-20-10-6-14-26-24-11-4-2-8-21(24)17-28(20)26;/h2-15,19H,16-18H2,1H3;. The largest absolute Gasteiger partial charge is 0.0619 e. The Bertz CT molecular complexity index is 1250. The Morgan fingerprint density at radius 3 is 1.83 bits per heavy atom. The monoisotopic (exact) mass is 462 g/mol. The number of hydrogen-bond acceptors (Lipinski definition) is 0. The first kappa shape index (κ1) is 19.7. The van der Waals surface area contributed by atoms with Gasteiger partial charge in [0.2, 0.25) is 0 Å². The van der Waals surface area contributed by atoms with Crippen LogP contribution in [0.15, 0.2) is 84.9 Å². The molecule has 4 aromatic rings. The summed E-state index contributed by atoms with van der Waals surface area (Å²) in [5.74, 6) is 0.509. The summed E-state index contributed by atoms with van der Waals surface area (Å²) in [6.07, 6.45) is 3.25. The minimum absolute atomic E-state index is 0. The molecule has 1 unspecified atom stereocenters. The van der Waals surface area contributed by atoms with Gasteiger partial charge < -0.3 is 0 Å². The van der Waals surface area contributed by atoms with Crippen LogP contribution in [0.25, 0.3) is 22.3 Å². The zero-order valence-corrected chi connectivity index (χ0v) is 19.7. The molecule has 0 amide bonds. The topological polar surface area (TPSA) is 0 Å². The minimum atomic E-state index is 0. The third-order valence-corrected chi connectivity index (χ3v) is 6.89. The number of fused-ring (bicyclic) bond motifs is 6. The summed E-state index contributed by atoms with van der Waals surface area (Å²) in [5, 5.41) is 0. The summed E-state index contributed by atoms with van der Waals surface area (Å²) < 4.78 is 0. The molecule has 1 heteroatoms. The number of hydrogen-bond donors (Lipinski definition) is 0. The molecule has 4 aromatic carbocycles. The van der Waals surface area contributed by atoms with Crippen molar-refractivity contribution < 1.29 is 26.2 Å². The molecule has 0 N–H and O–H groups in total. The summed E-state index contributed by atoms with van der Waals surface area (Å²) >= 11 is 0. The second-order valence-electron chi connectivity index (χ2n) is 8.59. The molecule has 1 atom stereocenters. The third kappa shape index (κ3) is 3.07. The molecule has 0 nitrogen and oxygen atoms in total. The Labute approximate surface area is 198 Å². The fourth-order valence-electron chi connectivity index (χ4n) is 5.50. The average molecular weight is 464 g/mol. The molecule has 0 saturated carbocycles. The molecule has 2 aliphatic carbocycles. The van der Waals surface area contributed by atoms with Crippen LogP contribution in [-0.4, -0.2) is 0 Å². The zero-order chi connectivity index (χ0) is 19.4. The first-order chi connectivity index (χ1) is 14.3. The van der Waals surface area contributed by atoms with E-state index in [0.717, 1.165) is 19.3 Å². The van der Waals surface area contributed by atoms with E-state index >= 15 is 0 Å². The molecule has 30 heavy (non-hydrogen) atoms. The van der Waals surface area contributed by atoms with Crippen LogP contribution < -0.4 is 0 Å². The van der Waals surface area contributed by atoms with Gasteiger partial charge in [-0.1, -0.05) is 91.9 Å². The van der Waals surface area contributed by atoms with E-state index in [-0.39, 0.29) is 26.2 Å². The van der Waals surface area contributed by atoms with E-state index in [2.05, 4.69) is 91.9 Å². The summed E-state index contributed by atoms with van der Waals surface area (Å²) in [6, 6.07) is 31.6. The molecule has 6 rings (SSSR count). The normalized spacial score (nSPS) is 13.6. The molecular weight excluding hydrogens is 440 g/mol. The van der Waals surface area contributed by atoms with Crippen LogP contribution in [0.2, 0.25) is 0 Å². The second-order valence-corrected chi connectivity index (χ2v) is 8.59. The molecule has 0 aliphatic heterocycles. The Hall–Kier alpha value is -2.24. The molecule has 0 spiro atoms. The maximum atomic E-state index is 2.40. The maximum absolute atomic E-state index is 2.40. The Balaban J connectivity index is 0.00000193. The first-order valence-electron chi connectivity index (χ1n) is 10.7. The summed E-state index contributed by atoms with van der Waals surface area (Å²) in [4.78, 5) is 0. The Kier molecular flexibility index (Phi) is 5.12. The van der Waals surface area contributed by atoms with Crippen molar-refractivity contribution in [3.63, 3.8) is 0 Å². The van der Waals surface area contributed by atoms with Crippen LogP contribution >= 0.6 is 0 Å². The van der Waals surface area contributed by atoms with Crippen molar-refractivity contribution in [2.45, 2.75) is 32.1 Å². The van der Waals surface area contributed by atoms with Crippen molar-refractivity contribution in [3.05, 3.63) is 118 Å². The molecule has 0 bridgehead atoms. The minimum Gasteiger partial charge on any atom is -0.0619 e. The van der Waals surface area contributed by atoms with Crippen molar-refractivity contribution in [2.75, 3.05) is 0 Å². The van der Waals surface area contributed by atoms with Gasteiger partial charge >= 0.3 is 0 Å². The number of rotatable bonds is 3. The second kappa shape index (κ2) is 7.79. The molecular formula is C29H24Zr. The SMILES string of the molecule is CC(Cc1cccc2c1Cc1ccccc1-2)c1cccc2c1Cc1ccccc1-2.[Zr]. The molecule has 0 heterocycles. The van der Waals surface area contributed by atoms with Crippen LogP contribution in [0, 0.1) is 0 Å². The predicted molar refractivity (Wildman–Crippen MR) is 121 cm³/mol. The van der Waals surface area contributed by atoms with Crippen molar-refractivity contribution in [1.29, 1.82) is 0 Å². The van der Waals surface area contributed by atoms with E-state index in [4.69, 9.17) is 0 Å². The van der Waals surface area contributed by atoms with Gasteiger partial charge in [0.25, 0.3) is 0 Å². The van der Waals surface area contributed by atoms with E-state index < -0.39 is 0 Å². The van der Waals surface area contributed by atoms with E-state index in [0.29, 0.717) is 5.92 Å². The Morgan fingerprint density at radius 2 is 1.13 bits per heavy atom. The molecule has 2 aliphatic rings. The predicted octanol–water partition coefficient (Wildman–Crippen LogP) is 7.17. The van der Waals surface area contributed by atoms with Crippen molar-refractivity contribution in [2.24, 2.45) is 0 Å². The van der Waals surface area contributed by atoms with Gasteiger partial charge in [-0.15, -0.1) is 0 Å². The van der Waals surface area contributed by atoms with Crippen molar-refractivity contribution in [1.82, 2.24) is 0 Å². The molecule has 0 aromatic heterocycles. The van der Waals surface area contributed by atoms with Gasteiger partial charge in [-0.05, 0) is 80.8 Å². The van der Waals surface area contributed by atoms with Gasteiger partial charge in [-0.25, -0.2) is 0 Å². The first-order valence-corrected chi connectivity index (χ1v) is 10.7. The third-order valence-electron chi connectivity index (χ3n) is 6.89. The molecule has 0 fully saturated rings. The van der Waals surface area contributed by atoms with Gasteiger partial charge in [0.15, 0.2) is 0 Å². The van der Waals surface area contributed by atoms with Crippen molar-refractivity contribution >= 4 is 0 Å². The van der Waals surface area contributed by atoms with E-state index in [1.165, 1.54) is 55.6 Å². The van der Waals surface area contributed by atoms with Gasteiger partial charge in [0.05, 0.1) is 0 Å².